The average Bonchev–Trinajstić information content (AvgIpc) is 2.46. The Labute approximate surface area is 122 Å². The number of phenols is 1. The van der Waals surface area contributed by atoms with Crippen molar-refractivity contribution in [1.29, 1.82) is 0 Å². The standard InChI is InChI=1S/C15H18N2O2S/c1-15(2,14(19)17-16)9-20-13-8-7-12(18)10-5-3-4-6-11(10)13/h3-8,18H,9,16H2,1-2H3,(H,17,19). The lowest BCUT2D eigenvalue weighted by molar-refractivity contribution is -0.128. The summed E-state index contributed by atoms with van der Waals surface area (Å²) in [6.07, 6.45) is 0. The van der Waals surface area contributed by atoms with Gasteiger partial charge in [-0.2, -0.15) is 0 Å². The molecule has 2 aromatic rings. The largest absolute Gasteiger partial charge is 0.507 e. The molecule has 0 saturated carbocycles. The summed E-state index contributed by atoms with van der Waals surface area (Å²) in [4.78, 5) is 12.7. The molecule has 0 saturated heterocycles. The number of amides is 1. The minimum Gasteiger partial charge on any atom is -0.507 e. The second-order valence-electron chi connectivity index (χ2n) is 5.27. The van der Waals surface area contributed by atoms with Crippen LogP contribution in [-0.2, 0) is 4.79 Å². The first kappa shape index (κ1) is 14.7. The van der Waals surface area contributed by atoms with Crippen molar-refractivity contribution in [2.24, 2.45) is 11.3 Å². The molecule has 0 unspecified atom stereocenters. The zero-order valence-electron chi connectivity index (χ0n) is 11.5. The second-order valence-corrected chi connectivity index (χ2v) is 6.29. The van der Waals surface area contributed by atoms with Crippen LogP contribution in [0.5, 0.6) is 5.75 Å². The van der Waals surface area contributed by atoms with Gasteiger partial charge in [0, 0.05) is 16.0 Å². The second kappa shape index (κ2) is 5.73. The molecule has 0 aliphatic heterocycles. The quantitative estimate of drug-likeness (QED) is 0.350. The van der Waals surface area contributed by atoms with Crippen LogP contribution in [-0.4, -0.2) is 16.8 Å². The number of benzene rings is 2. The Bertz CT molecular complexity index is 641. The van der Waals surface area contributed by atoms with E-state index in [0.717, 1.165) is 15.7 Å². The molecule has 0 radical (unpaired) electrons. The van der Waals surface area contributed by atoms with Gasteiger partial charge in [-0.3, -0.25) is 10.2 Å². The molecule has 0 atom stereocenters. The number of phenolic OH excluding ortho intramolecular Hbond substituents is 1. The average molecular weight is 290 g/mol. The van der Waals surface area contributed by atoms with E-state index in [1.165, 1.54) is 0 Å². The molecule has 0 aromatic heterocycles. The first-order valence-corrected chi connectivity index (χ1v) is 7.29. The van der Waals surface area contributed by atoms with Crippen LogP contribution in [0.3, 0.4) is 0 Å². The third-order valence-corrected chi connectivity index (χ3v) is 4.73. The summed E-state index contributed by atoms with van der Waals surface area (Å²) < 4.78 is 0. The molecular formula is C15H18N2O2S. The van der Waals surface area contributed by atoms with E-state index in [9.17, 15) is 9.90 Å². The molecule has 4 N–H and O–H groups in total. The van der Waals surface area contributed by atoms with Crippen LogP contribution in [0.15, 0.2) is 41.3 Å². The Morgan fingerprint density at radius 2 is 1.90 bits per heavy atom. The van der Waals surface area contributed by atoms with E-state index in [2.05, 4.69) is 5.43 Å². The van der Waals surface area contributed by atoms with Gasteiger partial charge in [-0.05, 0) is 17.5 Å². The summed E-state index contributed by atoms with van der Waals surface area (Å²) in [7, 11) is 0. The minimum atomic E-state index is -0.557. The first-order valence-electron chi connectivity index (χ1n) is 6.30. The number of thioether (sulfide) groups is 1. The number of hydrogen-bond donors (Lipinski definition) is 3. The van der Waals surface area contributed by atoms with Gasteiger partial charge in [0.2, 0.25) is 5.91 Å². The fourth-order valence-electron chi connectivity index (χ4n) is 1.90. The number of carbonyl (C=O) groups is 1. The van der Waals surface area contributed by atoms with E-state index in [0.29, 0.717) is 5.75 Å². The number of hydrogen-bond acceptors (Lipinski definition) is 4. The molecule has 0 heterocycles. The van der Waals surface area contributed by atoms with Gasteiger partial charge in [-0.1, -0.05) is 38.1 Å². The number of carbonyl (C=O) groups excluding carboxylic acids is 1. The van der Waals surface area contributed by atoms with E-state index in [-0.39, 0.29) is 11.7 Å². The maximum atomic E-state index is 11.7. The molecular weight excluding hydrogens is 272 g/mol. The normalized spacial score (nSPS) is 11.6. The summed E-state index contributed by atoms with van der Waals surface area (Å²) in [5, 5.41) is 11.7. The van der Waals surface area contributed by atoms with Crippen molar-refractivity contribution < 1.29 is 9.90 Å². The summed E-state index contributed by atoms with van der Waals surface area (Å²) in [5.74, 6) is 5.88. The van der Waals surface area contributed by atoms with Gasteiger partial charge in [0.1, 0.15) is 5.75 Å². The van der Waals surface area contributed by atoms with E-state index in [1.54, 1.807) is 17.8 Å². The van der Waals surface area contributed by atoms with Crippen molar-refractivity contribution in [2.45, 2.75) is 18.7 Å². The molecule has 20 heavy (non-hydrogen) atoms. The SMILES string of the molecule is CC(C)(CSc1ccc(O)c2ccccc12)C(=O)NN. The molecule has 2 rings (SSSR count). The number of hydrazine groups is 1. The highest BCUT2D eigenvalue weighted by atomic mass is 32.2. The fourth-order valence-corrected chi connectivity index (χ4v) is 3.05. The summed E-state index contributed by atoms with van der Waals surface area (Å²) in [6.45, 7) is 3.70. The van der Waals surface area contributed by atoms with Crippen molar-refractivity contribution in [2.75, 3.05) is 5.75 Å². The van der Waals surface area contributed by atoms with Gasteiger partial charge in [0.25, 0.3) is 0 Å². The highest BCUT2D eigenvalue weighted by Gasteiger charge is 2.27. The molecule has 106 valence electrons. The van der Waals surface area contributed by atoms with Crippen molar-refractivity contribution in [3.05, 3.63) is 36.4 Å². The Morgan fingerprint density at radius 1 is 1.25 bits per heavy atom. The number of aromatic hydroxyl groups is 1. The smallest absolute Gasteiger partial charge is 0.240 e. The van der Waals surface area contributed by atoms with Crippen LogP contribution in [0.4, 0.5) is 0 Å². The third kappa shape index (κ3) is 2.89. The van der Waals surface area contributed by atoms with Gasteiger partial charge in [0.15, 0.2) is 0 Å². The van der Waals surface area contributed by atoms with E-state index in [4.69, 9.17) is 5.84 Å². The van der Waals surface area contributed by atoms with Crippen molar-refractivity contribution in [3.63, 3.8) is 0 Å². The molecule has 0 aliphatic carbocycles. The molecule has 0 fully saturated rings. The summed E-state index contributed by atoms with van der Waals surface area (Å²) in [6, 6.07) is 11.2. The van der Waals surface area contributed by atoms with E-state index >= 15 is 0 Å². The lowest BCUT2D eigenvalue weighted by atomic mass is 9.96. The van der Waals surface area contributed by atoms with Gasteiger partial charge >= 0.3 is 0 Å². The lowest BCUT2D eigenvalue weighted by Gasteiger charge is -2.22. The van der Waals surface area contributed by atoms with Crippen LogP contribution in [0, 0.1) is 5.41 Å². The van der Waals surface area contributed by atoms with Gasteiger partial charge in [0.05, 0.1) is 5.41 Å². The van der Waals surface area contributed by atoms with Crippen LogP contribution in [0.25, 0.3) is 10.8 Å². The number of nitrogens with two attached hydrogens (primary N) is 1. The zero-order chi connectivity index (χ0) is 14.8. The predicted molar refractivity (Wildman–Crippen MR) is 82.4 cm³/mol. The first-order chi connectivity index (χ1) is 9.45. The molecule has 1 amide bonds. The Hall–Kier alpha value is -1.72. The fraction of sp³-hybridized carbons (Fsp3) is 0.267. The predicted octanol–water partition coefficient (Wildman–Crippen LogP) is 2.65. The zero-order valence-corrected chi connectivity index (χ0v) is 12.3. The monoisotopic (exact) mass is 290 g/mol. The van der Waals surface area contributed by atoms with Crippen LogP contribution in [0.2, 0.25) is 0 Å². The summed E-state index contributed by atoms with van der Waals surface area (Å²) in [5.41, 5.74) is 1.64. The number of fused-ring (bicyclic) bond motifs is 1. The minimum absolute atomic E-state index is 0.187. The summed E-state index contributed by atoms with van der Waals surface area (Å²) >= 11 is 1.58. The maximum Gasteiger partial charge on any atom is 0.240 e. The van der Waals surface area contributed by atoms with Crippen LogP contribution >= 0.6 is 11.8 Å². The highest BCUT2D eigenvalue weighted by molar-refractivity contribution is 7.99. The van der Waals surface area contributed by atoms with Crippen LogP contribution in [0.1, 0.15) is 13.8 Å². The Balaban J connectivity index is 2.27. The highest BCUT2D eigenvalue weighted by Crippen LogP contribution is 2.35. The Kier molecular flexibility index (Phi) is 4.20. The van der Waals surface area contributed by atoms with Gasteiger partial charge in [-0.25, -0.2) is 5.84 Å². The molecule has 0 spiro atoms. The molecule has 0 bridgehead atoms. The topological polar surface area (TPSA) is 75.3 Å². The van der Waals surface area contributed by atoms with Crippen molar-refractivity contribution in [3.8, 4) is 5.75 Å². The molecule has 4 nitrogen and oxygen atoms in total. The maximum absolute atomic E-state index is 11.7. The lowest BCUT2D eigenvalue weighted by Crippen LogP contribution is -2.42. The van der Waals surface area contributed by atoms with Gasteiger partial charge in [-0.15, -0.1) is 11.8 Å². The molecule has 2 aromatic carbocycles. The molecule has 0 aliphatic rings. The van der Waals surface area contributed by atoms with E-state index < -0.39 is 5.41 Å². The van der Waals surface area contributed by atoms with Crippen molar-refractivity contribution in [1.82, 2.24) is 5.43 Å². The number of rotatable bonds is 4. The number of nitrogens with one attached hydrogen (secondary N) is 1. The Morgan fingerprint density at radius 3 is 2.55 bits per heavy atom. The van der Waals surface area contributed by atoms with Crippen LogP contribution < -0.4 is 11.3 Å². The molecule has 5 heteroatoms. The van der Waals surface area contributed by atoms with E-state index in [1.807, 2.05) is 44.2 Å². The van der Waals surface area contributed by atoms with Gasteiger partial charge < -0.3 is 5.11 Å². The van der Waals surface area contributed by atoms with Crippen molar-refractivity contribution >= 4 is 28.4 Å². The third-order valence-electron chi connectivity index (χ3n) is 3.20.